The molecule has 2 aliphatic rings. The fourth-order valence-electron chi connectivity index (χ4n) is 2.53. The largest absolute Gasteiger partial charge is 0.413 e. The van der Waals surface area contributed by atoms with E-state index in [0.29, 0.717) is 6.42 Å². The van der Waals surface area contributed by atoms with E-state index in [4.69, 9.17) is 0 Å². The van der Waals surface area contributed by atoms with E-state index in [0.717, 1.165) is 17.7 Å². The molecule has 2 N–H and O–H groups in total. The minimum Gasteiger partial charge on any atom is -0.335 e. The number of urea groups is 1. The third kappa shape index (κ3) is 2.28. The van der Waals surface area contributed by atoms with Crippen LogP contribution in [0.15, 0.2) is 0 Å². The van der Waals surface area contributed by atoms with E-state index in [2.05, 4.69) is 10.6 Å². The number of hydrogen-bond donors (Lipinski definition) is 2. The summed E-state index contributed by atoms with van der Waals surface area (Å²) in [6.07, 6.45) is -2.32. The number of nitrogens with one attached hydrogen (secondary N) is 2. The maximum atomic E-state index is 13.3. The average molecular weight is 265 g/mol. The minimum absolute atomic E-state index is 0.0323. The summed E-state index contributed by atoms with van der Waals surface area (Å²) in [6.45, 7) is -0.0890. The number of alkyl halides is 3. The number of likely N-dealkylation sites (tertiary alicyclic amines) is 1. The molecular formula is C11H18F3N3O. The maximum absolute atomic E-state index is 13.3. The van der Waals surface area contributed by atoms with Crippen molar-refractivity contribution in [1.82, 2.24) is 15.5 Å². The molecule has 1 aliphatic carbocycles. The van der Waals surface area contributed by atoms with Gasteiger partial charge in [0.05, 0.1) is 0 Å². The molecule has 1 aliphatic heterocycles. The second-order valence-electron chi connectivity index (χ2n) is 5.04. The predicted octanol–water partition coefficient (Wildman–Crippen LogP) is 1.47. The highest BCUT2D eigenvalue weighted by molar-refractivity contribution is 5.76. The Morgan fingerprint density at radius 3 is 2.61 bits per heavy atom. The highest BCUT2D eigenvalue weighted by Gasteiger charge is 2.61. The molecule has 1 saturated carbocycles. The van der Waals surface area contributed by atoms with Gasteiger partial charge >= 0.3 is 12.2 Å². The lowest BCUT2D eigenvalue weighted by Gasteiger charge is -2.39. The SMILES string of the molecule is CNCC1(C(F)(F)F)CCCN1C(=O)NC1CC1. The molecule has 104 valence electrons. The van der Waals surface area contributed by atoms with E-state index < -0.39 is 17.7 Å². The summed E-state index contributed by atoms with van der Waals surface area (Å²) >= 11 is 0. The summed E-state index contributed by atoms with van der Waals surface area (Å²) < 4.78 is 39.9. The molecule has 0 aromatic rings. The Balaban J connectivity index is 2.17. The summed E-state index contributed by atoms with van der Waals surface area (Å²) in [7, 11) is 1.47. The normalized spacial score (nSPS) is 28.6. The number of likely N-dealkylation sites (N-methyl/N-ethyl adjacent to an activating group) is 1. The summed E-state index contributed by atoms with van der Waals surface area (Å²) in [4.78, 5) is 12.9. The lowest BCUT2D eigenvalue weighted by Crippen LogP contribution is -2.63. The van der Waals surface area contributed by atoms with Crippen LogP contribution in [0.1, 0.15) is 25.7 Å². The molecule has 0 bridgehead atoms. The van der Waals surface area contributed by atoms with Crippen molar-refractivity contribution in [2.24, 2.45) is 0 Å². The lowest BCUT2D eigenvalue weighted by atomic mass is 9.95. The monoisotopic (exact) mass is 265 g/mol. The maximum Gasteiger partial charge on any atom is 0.413 e. The smallest absolute Gasteiger partial charge is 0.335 e. The first-order valence-corrected chi connectivity index (χ1v) is 6.20. The summed E-state index contributed by atoms with van der Waals surface area (Å²) in [5.41, 5.74) is -2.05. The van der Waals surface area contributed by atoms with Gasteiger partial charge in [-0.1, -0.05) is 0 Å². The van der Waals surface area contributed by atoms with Gasteiger partial charge < -0.3 is 15.5 Å². The first kappa shape index (κ1) is 13.5. The van der Waals surface area contributed by atoms with Crippen LogP contribution in [0.4, 0.5) is 18.0 Å². The van der Waals surface area contributed by atoms with Crippen molar-refractivity contribution >= 4 is 6.03 Å². The van der Waals surface area contributed by atoms with Crippen molar-refractivity contribution < 1.29 is 18.0 Å². The van der Waals surface area contributed by atoms with Gasteiger partial charge in [0.1, 0.15) is 0 Å². The summed E-state index contributed by atoms with van der Waals surface area (Å²) in [5, 5.41) is 5.21. The van der Waals surface area contributed by atoms with Gasteiger partial charge in [-0.2, -0.15) is 13.2 Å². The molecule has 2 amide bonds. The molecule has 2 rings (SSSR count). The van der Waals surface area contributed by atoms with Crippen LogP contribution in [0.2, 0.25) is 0 Å². The molecule has 18 heavy (non-hydrogen) atoms. The van der Waals surface area contributed by atoms with Gasteiger partial charge in [0.15, 0.2) is 5.54 Å². The van der Waals surface area contributed by atoms with Gasteiger partial charge in [0, 0.05) is 19.1 Å². The van der Waals surface area contributed by atoms with Gasteiger partial charge in [0.2, 0.25) is 0 Å². The van der Waals surface area contributed by atoms with Crippen molar-refractivity contribution in [3.63, 3.8) is 0 Å². The molecular weight excluding hydrogens is 247 g/mol. The molecule has 4 nitrogen and oxygen atoms in total. The van der Waals surface area contributed by atoms with Gasteiger partial charge in [-0.15, -0.1) is 0 Å². The van der Waals surface area contributed by atoms with E-state index in [9.17, 15) is 18.0 Å². The van der Waals surface area contributed by atoms with Crippen LogP contribution < -0.4 is 10.6 Å². The zero-order valence-corrected chi connectivity index (χ0v) is 10.3. The highest BCUT2D eigenvalue weighted by Crippen LogP contribution is 2.43. The molecule has 0 aromatic heterocycles. The number of nitrogens with zero attached hydrogens (tertiary/aromatic N) is 1. The Bertz CT molecular complexity index is 330. The molecule has 1 unspecified atom stereocenters. The molecule has 1 heterocycles. The highest BCUT2D eigenvalue weighted by atomic mass is 19.4. The third-order valence-corrected chi connectivity index (χ3v) is 3.64. The molecule has 7 heteroatoms. The van der Waals surface area contributed by atoms with Crippen LogP contribution >= 0.6 is 0 Å². The summed E-state index contributed by atoms with van der Waals surface area (Å²) in [6, 6.07) is -0.513. The molecule has 0 spiro atoms. The summed E-state index contributed by atoms with van der Waals surface area (Å²) in [5.74, 6) is 0. The Morgan fingerprint density at radius 1 is 1.44 bits per heavy atom. The zero-order chi connectivity index (χ0) is 13.4. The van der Waals surface area contributed by atoms with Crippen molar-refractivity contribution in [2.45, 2.75) is 43.4 Å². The average Bonchev–Trinajstić information content (AvgIpc) is 2.94. The molecule has 1 atom stereocenters. The second kappa shape index (κ2) is 4.60. The Kier molecular flexibility index (Phi) is 3.44. The fourth-order valence-corrected chi connectivity index (χ4v) is 2.53. The van der Waals surface area contributed by atoms with E-state index in [1.165, 1.54) is 7.05 Å². The fraction of sp³-hybridized carbons (Fsp3) is 0.909. The number of amides is 2. The van der Waals surface area contributed by atoms with E-state index >= 15 is 0 Å². The zero-order valence-electron chi connectivity index (χ0n) is 10.3. The van der Waals surface area contributed by atoms with Crippen LogP contribution in [-0.4, -0.2) is 48.8 Å². The predicted molar refractivity (Wildman–Crippen MR) is 60.2 cm³/mol. The van der Waals surface area contributed by atoms with Crippen LogP contribution in [0.3, 0.4) is 0 Å². The standard InChI is InChI=1S/C11H18F3N3O/c1-15-7-10(11(12,13)14)5-2-6-17(10)9(18)16-8-3-4-8/h8,15H,2-7H2,1H3,(H,16,18). The molecule has 0 aromatic carbocycles. The third-order valence-electron chi connectivity index (χ3n) is 3.64. The van der Waals surface area contributed by atoms with Crippen LogP contribution in [0, 0.1) is 0 Å². The van der Waals surface area contributed by atoms with Crippen molar-refractivity contribution in [2.75, 3.05) is 20.1 Å². The Labute approximate surface area is 104 Å². The number of carbonyl (C=O) groups excluding carboxylic acids is 1. The Morgan fingerprint density at radius 2 is 2.11 bits per heavy atom. The quantitative estimate of drug-likeness (QED) is 0.811. The minimum atomic E-state index is -4.41. The van der Waals surface area contributed by atoms with E-state index in [1.54, 1.807) is 0 Å². The van der Waals surface area contributed by atoms with Gasteiger partial charge in [-0.25, -0.2) is 4.79 Å². The number of rotatable bonds is 3. The molecule has 0 radical (unpaired) electrons. The number of halogens is 3. The second-order valence-corrected chi connectivity index (χ2v) is 5.04. The van der Waals surface area contributed by atoms with Crippen LogP contribution in [-0.2, 0) is 0 Å². The molecule has 1 saturated heterocycles. The van der Waals surface area contributed by atoms with Gasteiger partial charge in [-0.05, 0) is 32.7 Å². The van der Waals surface area contributed by atoms with Crippen molar-refractivity contribution in [3.8, 4) is 0 Å². The van der Waals surface area contributed by atoms with Crippen LogP contribution in [0.5, 0.6) is 0 Å². The van der Waals surface area contributed by atoms with E-state index in [1.807, 2.05) is 0 Å². The van der Waals surface area contributed by atoms with E-state index in [-0.39, 0.29) is 25.6 Å². The van der Waals surface area contributed by atoms with Crippen molar-refractivity contribution in [1.29, 1.82) is 0 Å². The first-order valence-electron chi connectivity index (χ1n) is 6.20. The number of hydrogen-bond acceptors (Lipinski definition) is 2. The lowest BCUT2D eigenvalue weighted by molar-refractivity contribution is -0.213. The number of carbonyl (C=O) groups is 1. The Hall–Kier alpha value is -0.980. The topological polar surface area (TPSA) is 44.4 Å². The van der Waals surface area contributed by atoms with Gasteiger partial charge in [-0.3, -0.25) is 0 Å². The van der Waals surface area contributed by atoms with Gasteiger partial charge in [0.25, 0.3) is 0 Å². The van der Waals surface area contributed by atoms with Crippen molar-refractivity contribution in [3.05, 3.63) is 0 Å². The van der Waals surface area contributed by atoms with Crippen LogP contribution in [0.25, 0.3) is 0 Å². The first-order chi connectivity index (χ1) is 8.40. The molecule has 2 fully saturated rings.